The van der Waals surface area contributed by atoms with Crippen LogP contribution in [0.3, 0.4) is 0 Å². The van der Waals surface area contributed by atoms with Gasteiger partial charge in [0.15, 0.2) is 0 Å². The van der Waals surface area contributed by atoms with E-state index in [2.05, 4.69) is 30.7 Å². The fourth-order valence-electron chi connectivity index (χ4n) is 2.40. The molecule has 0 spiro atoms. The Hall–Kier alpha value is -1.32. The van der Waals surface area contributed by atoms with Crippen molar-refractivity contribution in [1.82, 2.24) is 9.97 Å². The third kappa shape index (κ3) is 6.78. The molecular formula is C17H30N2O2. The number of nitrogens with zero attached hydrogens (tertiary/aromatic N) is 1. The number of aryl methyl sites for hydroxylation is 2. The first kappa shape index (κ1) is 17.7. The summed E-state index contributed by atoms with van der Waals surface area (Å²) < 4.78 is 5.33. The van der Waals surface area contributed by atoms with Crippen molar-refractivity contribution in [3.05, 3.63) is 11.4 Å². The highest BCUT2D eigenvalue weighted by Crippen LogP contribution is 2.16. The third-order valence-electron chi connectivity index (χ3n) is 3.52. The zero-order chi connectivity index (χ0) is 15.5. The molecule has 4 heteroatoms. The Kier molecular flexibility index (Phi) is 8.79. The Balaban J connectivity index is 2.42. The lowest BCUT2D eigenvalue weighted by atomic mass is 10.1. The fourth-order valence-corrected chi connectivity index (χ4v) is 2.40. The molecule has 1 aromatic heterocycles. The van der Waals surface area contributed by atoms with E-state index in [1.54, 1.807) is 0 Å². The van der Waals surface area contributed by atoms with Crippen molar-refractivity contribution in [1.29, 1.82) is 0 Å². The average molecular weight is 294 g/mol. The van der Waals surface area contributed by atoms with E-state index in [1.807, 2.05) is 0 Å². The van der Waals surface area contributed by atoms with Crippen molar-refractivity contribution in [3.8, 4) is 6.01 Å². The number of esters is 1. The number of unbranched alkanes of at least 4 members (excludes halogenated alkanes) is 4. The van der Waals surface area contributed by atoms with Crippen molar-refractivity contribution in [3.63, 3.8) is 0 Å². The van der Waals surface area contributed by atoms with E-state index in [1.165, 1.54) is 19.3 Å². The monoisotopic (exact) mass is 294 g/mol. The zero-order valence-electron chi connectivity index (χ0n) is 13.8. The number of carbonyl (C=O) groups excluding carboxylic acids is 1. The summed E-state index contributed by atoms with van der Waals surface area (Å²) in [5, 5.41) is 0. The molecule has 0 radical (unpaired) electrons. The van der Waals surface area contributed by atoms with Gasteiger partial charge >= 0.3 is 12.0 Å². The van der Waals surface area contributed by atoms with Crippen LogP contribution in [0.1, 0.15) is 83.5 Å². The van der Waals surface area contributed by atoms with Crippen LogP contribution in [0.2, 0.25) is 0 Å². The Morgan fingerprint density at radius 3 is 2.38 bits per heavy atom. The second kappa shape index (κ2) is 10.4. The van der Waals surface area contributed by atoms with Gasteiger partial charge in [0.1, 0.15) is 0 Å². The van der Waals surface area contributed by atoms with Crippen LogP contribution in [0.4, 0.5) is 0 Å². The molecule has 0 saturated carbocycles. The largest absolute Gasteiger partial charge is 0.392 e. The highest BCUT2D eigenvalue weighted by atomic mass is 16.5. The zero-order valence-corrected chi connectivity index (χ0v) is 13.8. The van der Waals surface area contributed by atoms with Crippen LogP contribution < -0.4 is 4.74 Å². The second-order valence-electron chi connectivity index (χ2n) is 5.61. The van der Waals surface area contributed by atoms with Gasteiger partial charge in [-0.3, -0.25) is 4.79 Å². The molecule has 4 nitrogen and oxygen atoms in total. The highest BCUT2D eigenvalue weighted by molar-refractivity contribution is 5.71. The van der Waals surface area contributed by atoms with Crippen LogP contribution in [0.25, 0.3) is 0 Å². The molecule has 0 amide bonds. The Morgan fingerprint density at radius 1 is 1.00 bits per heavy atom. The van der Waals surface area contributed by atoms with Crippen molar-refractivity contribution >= 4 is 5.97 Å². The Bertz CT molecular complexity index is 389. The van der Waals surface area contributed by atoms with Gasteiger partial charge in [-0.2, -0.15) is 4.98 Å². The third-order valence-corrected chi connectivity index (χ3v) is 3.52. The van der Waals surface area contributed by atoms with E-state index in [-0.39, 0.29) is 5.97 Å². The lowest BCUT2D eigenvalue weighted by Crippen LogP contribution is -2.08. The molecule has 21 heavy (non-hydrogen) atoms. The lowest BCUT2D eigenvalue weighted by molar-refractivity contribution is -0.135. The Labute approximate surface area is 128 Å². The fraction of sp³-hybridized carbons (Fsp3) is 0.765. The van der Waals surface area contributed by atoms with Crippen LogP contribution in [-0.4, -0.2) is 15.9 Å². The van der Waals surface area contributed by atoms with Gasteiger partial charge in [0.05, 0.1) is 5.69 Å². The van der Waals surface area contributed by atoms with Gasteiger partial charge in [-0.05, 0) is 19.3 Å². The molecule has 1 rings (SSSR count). The first-order valence-corrected chi connectivity index (χ1v) is 8.49. The molecule has 120 valence electrons. The maximum absolute atomic E-state index is 11.8. The molecule has 1 N–H and O–H groups in total. The van der Waals surface area contributed by atoms with Crippen molar-refractivity contribution < 1.29 is 9.53 Å². The summed E-state index contributed by atoms with van der Waals surface area (Å²) >= 11 is 0. The summed E-state index contributed by atoms with van der Waals surface area (Å²) in [5.41, 5.74) is 2.16. The molecule has 0 aliphatic heterocycles. The van der Waals surface area contributed by atoms with E-state index in [0.29, 0.717) is 12.4 Å². The number of carbonyl (C=O) groups is 1. The van der Waals surface area contributed by atoms with E-state index < -0.39 is 0 Å². The minimum Gasteiger partial charge on any atom is -0.392 e. The highest BCUT2D eigenvalue weighted by Gasteiger charge is 2.12. The van der Waals surface area contributed by atoms with Gasteiger partial charge in [0, 0.05) is 12.1 Å². The number of aromatic amines is 1. The first-order valence-electron chi connectivity index (χ1n) is 8.49. The number of rotatable bonds is 11. The van der Waals surface area contributed by atoms with Crippen LogP contribution >= 0.6 is 0 Å². The molecule has 0 unspecified atom stereocenters. The van der Waals surface area contributed by atoms with Gasteiger partial charge in [0.25, 0.3) is 0 Å². The summed E-state index contributed by atoms with van der Waals surface area (Å²) in [4.78, 5) is 19.4. The molecule has 0 aromatic carbocycles. The number of imidazole rings is 1. The standard InChI is InChI=1S/C17H30N2O2/c1-4-7-8-9-10-13-16(20)21-17-18-14(11-5-2)15(19-17)12-6-3/h4-13H2,1-3H3,(H,18,19). The minimum absolute atomic E-state index is 0.175. The van der Waals surface area contributed by atoms with Gasteiger partial charge in [-0.25, -0.2) is 0 Å². The minimum atomic E-state index is -0.175. The molecule has 1 heterocycles. The normalized spacial score (nSPS) is 10.8. The summed E-state index contributed by atoms with van der Waals surface area (Å²) in [7, 11) is 0. The summed E-state index contributed by atoms with van der Waals surface area (Å²) in [6, 6.07) is 0.375. The molecule has 0 bridgehead atoms. The molecule has 1 aromatic rings. The summed E-state index contributed by atoms with van der Waals surface area (Å²) in [5.74, 6) is -0.175. The maximum atomic E-state index is 11.8. The van der Waals surface area contributed by atoms with Crippen molar-refractivity contribution in [2.24, 2.45) is 0 Å². The molecule has 0 fully saturated rings. The molecule has 0 aliphatic rings. The van der Waals surface area contributed by atoms with Crippen LogP contribution in [0, 0.1) is 0 Å². The van der Waals surface area contributed by atoms with Crippen molar-refractivity contribution in [2.75, 3.05) is 0 Å². The smallest absolute Gasteiger partial charge is 0.313 e. The Morgan fingerprint density at radius 2 is 1.71 bits per heavy atom. The lowest BCUT2D eigenvalue weighted by Gasteiger charge is -2.01. The van der Waals surface area contributed by atoms with Crippen LogP contribution in [0.5, 0.6) is 6.01 Å². The van der Waals surface area contributed by atoms with Gasteiger partial charge < -0.3 is 9.72 Å². The van der Waals surface area contributed by atoms with E-state index >= 15 is 0 Å². The quantitative estimate of drug-likeness (QED) is 0.480. The number of aromatic nitrogens is 2. The van der Waals surface area contributed by atoms with Gasteiger partial charge in [-0.1, -0.05) is 59.3 Å². The molecule has 0 atom stereocenters. The molecule has 0 saturated heterocycles. The number of H-pyrrole nitrogens is 1. The van der Waals surface area contributed by atoms with E-state index in [4.69, 9.17) is 4.74 Å². The topological polar surface area (TPSA) is 55.0 Å². The van der Waals surface area contributed by atoms with E-state index in [0.717, 1.165) is 49.9 Å². The van der Waals surface area contributed by atoms with Crippen LogP contribution in [0.15, 0.2) is 0 Å². The second-order valence-corrected chi connectivity index (χ2v) is 5.61. The SMILES string of the molecule is CCCCCCCC(=O)Oc1nc(CCC)c(CCC)[nH]1. The van der Waals surface area contributed by atoms with Crippen molar-refractivity contribution in [2.45, 2.75) is 85.0 Å². The van der Waals surface area contributed by atoms with Gasteiger partial charge in [0.2, 0.25) is 0 Å². The number of hydrogen-bond donors (Lipinski definition) is 1. The summed E-state index contributed by atoms with van der Waals surface area (Å²) in [6.07, 6.45) is 10.1. The molecular weight excluding hydrogens is 264 g/mol. The van der Waals surface area contributed by atoms with Crippen LogP contribution in [-0.2, 0) is 17.6 Å². The number of hydrogen-bond acceptors (Lipinski definition) is 3. The maximum Gasteiger partial charge on any atom is 0.313 e. The number of nitrogens with one attached hydrogen (secondary N) is 1. The predicted octanol–water partition coefficient (Wildman–Crippen LogP) is 4.58. The predicted molar refractivity (Wildman–Crippen MR) is 85.6 cm³/mol. The molecule has 0 aliphatic carbocycles. The summed E-state index contributed by atoms with van der Waals surface area (Å²) in [6.45, 7) is 6.46. The van der Waals surface area contributed by atoms with Gasteiger partial charge in [-0.15, -0.1) is 0 Å². The first-order chi connectivity index (χ1) is 10.2. The number of ether oxygens (including phenoxy) is 1. The van der Waals surface area contributed by atoms with E-state index in [9.17, 15) is 4.79 Å². The average Bonchev–Trinajstić information content (AvgIpc) is 2.81.